The molecular weight excluding hydrogens is 224 g/mol. The first-order chi connectivity index (χ1) is 8.83. The third-order valence-corrected chi connectivity index (χ3v) is 2.09. The van der Waals surface area contributed by atoms with Crippen LogP contribution in [0.3, 0.4) is 0 Å². The van der Waals surface area contributed by atoms with Crippen LogP contribution in [0, 0.1) is 0 Å². The van der Waals surface area contributed by atoms with Crippen LogP contribution in [0.1, 0.15) is 27.7 Å². The molecule has 1 N–H and O–H groups in total. The average Bonchev–Trinajstić information content (AvgIpc) is 2.47. The summed E-state index contributed by atoms with van der Waals surface area (Å²) in [6.45, 7) is 8.00. The maximum Gasteiger partial charge on any atom is 0.150 e. The van der Waals surface area contributed by atoms with Crippen LogP contribution >= 0.6 is 0 Å². The molecule has 0 aliphatic rings. The van der Waals surface area contributed by atoms with Gasteiger partial charge in [-0.25, -0.2) is 0 Å². The van der Waals surface area contributed by atoms with Gasteiger partial charge in [0.1, 0.15) is 5.69 Å². The van der Waals surface area contributed by atoms with Gasteiger partial charge in [-0.3, -0.25) is 0 Å². The molecule has 0 aliphatic carbocycles. The lowest BCUT2D eigenvalue weighted by Crippen LogP contribution is -1.74. The number of benzene rings is 2. The van der Waals surface area contributed by atoms with E-state index in [4.69, 9.17) is 0 Å². The Balaban J connectivity index is 0.000000659. The van der Waals surface area contributed by atoms with Crippen molar-refractivity contribution in [2.75, 3.05) is 7.05 Å². The minimum atomic E-state index is 0.189. The van der Waals surface area contributed by atoms with Crippen LogP contribution in [0.5, 0.6) is 5.75 Å². The second-order valence-corrected chi connectivity index (χ2v) is 2.95. The molecule has 0 amide bonds. The van der Waals surface area contributed by atoms with Gasteiger partial charge in [0.25, 0.3) is 0 Å². The summed E-state index contributed by atoms with van der Waals surface area (Å²) in [5.41, 5.74) is 0.506. The number of fused-ring (bicyclic) bond motifs is 1. The number of nitrogens with zero attached hydrogens (tertiary/aromatic N) is 2. The van der Waals surface area contributed by atoms with E-state index < -0.39 is 0 Å². The zero-order valence-corrected chi connectivity index (χ0v) is 11.8. The van der Waals surface area contributed by atoms with Gasteiger partial charge in [-0.05, 0) is 11.5 Å². The Morgan fingerprint density at radius 1 is 0.889 bits per heavy atom. The Bertz CT molecular complexity index is 493. The van der Waals surface area contributed by atoms with E-state index in [9.17, 15) is 5.11 Å². The number of hydrogen-bond acceptors (Lipinski definition) is 3. The molecule has 18 heavy (non-hydrogen) atoms. The molecule has 0 radical (unpaired) electrons. The largest absolute Gasteiger partial charge is 0.505 e. The molecule has 0 aliphatic heterocycles. The highest BCUT2D eigenvalue weighted by molar-refractivity contribution is 5.92. The molecular formula is C15H22N2O. The van der Waals surface area contributed by atoms with Crippen molar-refractivity contribution < 1.29 is 5.11 Å². The Morgan fingerprint density at radius 3 is 2.11 bits per heavy atom. The maximum absolute atomic E-state index is 9.83. The molecule has 0 bridgehead atoms. The first-order valence-corrected chi connectivity index (χ1v) is 6.33. The fraction of sp³-hybridized carbons (Fsp3) is 0.333. The van der Waals surface area contributed by atoms with Crippen molar-refractivity contribution in [3.8, 4) is 5.75 Å². The fourth-order valence-electron chi connectivity index (χ4n) is 1.43. The molecule has 0 saturated heterocycles. The summed E-state index contributed by atoms with van der Waals surface area (Å²) in [7, 11) is 1.58. The standard InChI is InChI=1S/C11H10N2O.2C2H6/c1-12-13-10-7-6-8-4-2-3-5-9(8)11(10)14;2*1-2/h2-7,14H,1H3;2*1-2H3. The second-order valence-electron chi connectivity index (χ2n) is 2.95. The second kappa shape index (κ2) is 9.16. The molecule has 3 nitrogen and oxygen atoms in total. The fourth-order valence-corrected chi connectivity index (χ4v) is 1.43. The predicted octanol–water partition coefficient (Wildman–Crippen LogP) is 5.31. The topological polar surface area (TPSA) is 45.0 Å². The van der Waals surface area contributed by atoms with Crippen LogP contribution < -0.4 is 0 Å². The van der Waals surface area contributed by atoms with Crippen molar-refractivity contribution in [2.24, 2.45) is 10.2 Å². The summed E-state index contributed by atoms with van der Waals surface area (Å²) in [6, 6.07) is 11.3. The van der Waals surface area contributed by atoms with Crippen molar-refractivity contribution >= 4 is 16.5 Å². The highest BCUT2D eigenvalue weighted by Crippen LogP contribution is 2.34. The lowest BCUT2D eigenvalue weighted by atomic mass is 10.1. The third-order valence-electron chi connectivity index (χ3n) is 2.09. The Hall–Kier alpha value is -1.90. The van der Waals surface area contributed by atoms with Crippen LogP contribution in [-0.4, -0.2) is 12.2 Å². The minimum absolute atomic E-state index is 0.189. The number of hydrogen-bond donors (Lipinski definition) is 1. The third kappa shape index (κ3) is 3.84. The quantitative estimate of drug-likeness (QED) is 0.681. The molecule has 0 saturated carbocycles. The summed E-state index contributed by atoms with van der Waals surface area (Å²) in [6.07, 6.45) is 0. The van der Waals surface area contributed by atoms with Crippen molar-refractivity contribution in [1.29, 1.82) is 0 Å². The predicted molar refractivity (Wildman–Crippen MR) is 78.7 cm³/mol. The molecule has 2 aromatic carbocycles. The lowest BCUT2D eigenvalue weighted by molar-refractivity contribution is 0.482. The molecule has 0 aromatic heterocycles. The van der Waals surface area contributed by atoms with Crippen LogP contribution in [0.15, 0.2) is 46.6 Å². The zero-order valence-electron chi connectivity index (χ0n) is 11.8. The Morgan fingerprint density at radius 2 is 1.50 bits per heavy atom. The molecule has 0 unspecified atom stereocenters. The maximum atomic E-state index is 9.83. The van der Waals surface area contributed by atoms with Crippen LogP contribution in [0.2, 0.25) is 0 Å². The smallest absolute Gasteiger partial charge is 0.150 e. The summed E-state index contributed by atoms with van der Waals surface area (Å²) < 4.78 is 0. The van der Waals surface area contributed by atoms with E-state index in [1.54, 1.807) is 13.1 Å². The van der Waals surface area contributed by atoms with Gasteiger partial charge in [0.2, 0.25) is 0 Å². The van der Waals surface area contributed by atoms with Gasteiger partial charge in [-0.15, -0.1) is 0 Å². The lowest BCUT2D eigenvalue weighted by Gasteiger charge is -2.02. The summed E-state index contributed by atoms with van der Waals surface area (Å²) in [5.74, 6) is 0.189. The van der Waals surface area contributed by atoms with Crippen molar-refractivity contribution in [3.63, 3.8) is 0 Å². The Labute approximate surface area is 109 Å². The van der Waals surface area contributed by atoms with E-state index in [0.717, 1.165) is 10.8 Å². The highest BCUT2D eigenvalue weighted by Gasteiger charge is 2.03. The van der Waals surface area contributed by atoms with Gasteiger partial charge in [-0.2, -0.15) is 10.2 Å². The highest BCUT2D eigenvalue weighted by atomic mass is 16.3. The molecule has 0 spiro atoms. The van der Waals surface area contributed by atoms with Crippen molar-refractivity contribution in [2.45, 2.75) is 27.7 Å². The number of phenols is 1. The number of aromatic hydroxyl groups is 1. The summed E-state index contributed by atoms with van der Waals surface area (Å²) in [5, 5.41) is 19.1. The van der Waals surface area contributed by atoms with E-state index in [1.165, 1.54) is 0 Å². The van der Waals surface area contributed by atoms with E-state index in [2.05, 4.69) is 10.2 Å². The Kier molecular flexibility index (Phi) is 8.20. The molecule has 2 rings (SSSR count). The van der Waals surface area contributed by atoms with Gasteiger partial charge in [-0.1, -0.05) is 58.0 Å². The summed E-state index contributed by atoms with van der Waals surface area (Å²) >= 11 is 0. The first kappa shape index (κ1) is 16.1. The minimum Gasteiger partial charge on any atom is -0.505 e. The molecule has 0 heterocycles. The average molecular weight is 246 g/mol. The SMILES string of the molecule is CC.CC.CN=Nc1ccc2ccccc2c1O. The van der Waals surface area contributed by atoms with Crippen molar-refractivity contribution in [3.05, 3.63) is 36.4 Å². The molecule has 3 heteroatoms. The van der Waals surface area contributed by atoms with Gasteiger partial charge in [0.15, 0.2) is 5.75 Å². The van der Waals surface area contributed by atoms with Crippen LogP contribution in [0.25, 0.3) is 10.8 Å². The van der Waals surface area contributed by atoms with E-state index in [1.807, 2.05) is 58.0 Å². The van der Waals surface area contributed by atoms with Gasteiger partial charge in [0.05, 0.1) is 0 Å². The molecule has 0 atom stereocenters. The van der Waals surface area contributed by atoms with Crippen molar-refractivity contribution in [1.82, 2.24) is 0 Å². The molecule has 0 fully saturated rings. The van der Waals surface area contributed by atoms with Crippen LogP contribution in [-0.2, 0) is 0 Å². The van der Waals surface area contributed by atoms with Gasteiger partial charge >= 0.3 is 0 Å². The monoisotopic (exact) mass is 246 g/mol. The van der Waals surface area contributed by atoms with E-state index in [0.29, 0.717) is 5.69 Å². The number of rotatable bonds is 1. The number of phenolic OH excluding ortho intramolecular Hbond substituents is 1. The number of azo groups is 1. The first-order valence-electron chi connectivity index (χ1n) is 6.33. The van der Waals surface area contributed by atoms with E-state index in [-0.39, 0.29) is 5.75 Å². The van der Waals surface area contributed by atoms with Gasteiger partial charge in [0, 0.05) is 12.4 Å². The normalized spacial score (nSPS) is 9.39. The molecule has 98 valence electrons. The summed E-state index contributed by atoms with van der Waals surface area (Å²) in [4.78, 5) is 0. The van der Waals surface area contributed by atoms with Gasteiger partial charge < -0.3 is 5.11 Å². The van der Waals surface area contributed by atoms with E-state index >= 15 is 0 Å². The molecule has 2 aromatic rings. The zero-order chi connectivity index (χ0) is 14.0. The van der Waals surface area contributed by atoms with Crippen LogP contribution in [0.4, 0.5) is 5.69 Å².